The smallest absolute Gasteiger partial charge is 0.358 e. The Morgan fingerprint density at radius 2 is 2.00 bits per heavy atom. The fourth-order valence-electron chi connectivity index (χ4n) is 1.98. The van der Waals surface area contributed by atoms with Gasteiger partial charge < -0.3 is 9.63 Å². The lowest BCUT2D eigenvalue weighted by Crippen LogP contribution is -2.08. The highest BCUT2D eigenvalue weighted by molar-refractivity contribution is 7.92. The van der Waals surface area contributed by atoms with Crippen LogP contribution in [0.1, 0.15) is 23.3 Å². The van der Waals surface area contributed by atoms with Crippen molar-refractivity contribution in [3.8, 4) is 11.3 Å². The molecule has 1 aromatic heterocycles. The lowest BCUT2D eigenvalue weighted by Gasteiger charge is -2.06. The number of aromatic carboxylic acids is 1. The van der Waals surface area contributed by atoms with Crippen molar-refractivity contribution in [1.29, 1.82) is 0 Å². The number of hydrogen-bond acceptors (Lipinski definition) is 5. The van der Waals surface area contributed by atoms with Gasteiger partial charge in [-0.2, -0.15) is 0 Å². The van der Waals surface area contributed by atoms with E-state index >= 15 is 0 Å². The molecule has 0 unspecified atom stereocenters. The average molecular weight is 293 g/mol. The van der Waals surface area contributed by atoms with Crippen LogP contribution in [0.2, 0.25) is 0 Å². The Kier molecular flexibility index (Phi) is 2.86. The molecule has 7 heteroatoms. The summed E-state index contributed by atoms with van der Waals surface area (Å²) < 4.78 is 29.7. The third-order valence-corrected chi connectivity index (χ3v) is 5.47. The van der Waals surface area contributed by atoms with Crippen molar-refractivity contribution in [3.63, 3.8) is 0 Å². The molecule has 0 atom stereocenters. The highest BCUT2D eigenvalue weighted by Gasteiger charge is 2.38. The van der Waals surface area contributed by atoms with Gasteiger partial charge in [-0.25, -0.2) is 13.2 Å². The fraction of sp³-hybridized carbons (Fsp3) is 0.231. The second-order valence-electron chi connectivity index (χ2n) is 4.62. The molecule has 3 rings (SSSR count). The van der Waals surface area contributed by atoms with E-state index in [2.05, 4.69) is 5.16 Å². The Morgan fingerprint density at radius 1 is 1.30 bits per heavy atom. The largest absolute Gasteiger partial charge is 0.476 e. The van der Waals surface area contributed by atoms with Crippen molar-refractivity contribution in [3.05, 3.63) is 36.0 Å². The van der Waals surface area contributed by atoms with Gasteiger partial charge in [0.1, 0.15) is 0 Å². The van der Waals surface area contributed by atoms with Gasteiger partial charge in [0.25, 0.3) is 0 Å². The maximum Gasteiger partial charge on any atom is 0.358 e. The topological polar surface area (TPSA) is 97.5 Å². The molecular weight excluding hydrogens is 282 g/mol. The third-order valence-electron chi connectivity index (χ3n) is 3.15. The van der Waals surface area contributed by atoms with Gasteiger partial charge in [0.15, 0.2) is 21.3 Å². The van der Waals surface area contributed by atoms with Crippen LogP contribution in [0, 0.1) is 0 Å². The van der Waals surface area contributed by atoms with Crippen LogP contribution < -0.4 is 0 Å². The zero-order chi connectivity index (χ0) is 14.3. The molecule has 0 aliphatic heterocycles. The van der Waals surface area contributed by atoms with E-state index in [9.17, 15) is 13.2 Å². The number of aromatic nitrogens is 1. The first kappa shape index (κ1) is 12.9. The molecule has 6 nitrogen and oxygen atoms in total. The molecule has 1 saturated carbocycles. The normalized spacial score (nSPS) is 15.2. The van der Waals surface area contributed by atoms with E-state index in [0.29, 0.717) is 18.4 Å². The number of rotatable bonds is 4. The number of carboxylic acids is 1. The molecule has 1 aromatic carbocycles. The minimum absolute atomic E-state index is 0.141. The van der Waals surface area contributed by atoms with Gasteiger partial charge in [0, 0.05) is 11.6 Å². The van der Waals surface area contributed by atoms with Crippen LogP contribution in [0.25, 0.3) is 11.3 Å². The maximum absolute atomic E-state index is 12.4. The molecule has 0 bridgehead atoms. The molecule has 104 valence electrons. The van der Waals surface area contributed by atoms with E-state index in [4.69, 9.17) is 9.63 Å². The van der Waals surface area contributed by atoms with Crippen molar-refractivity contribution in [2.45, 2.75) is 23.0 Å². The minimum Gasteiger partial charge on any atom is -0.476 e. The Balaban J connectivity index is 2.12. The molecule has 1 heterocycles. The zero-order valence-electron chi connectivity index (χ0n) is 10.3. The summed E-state index contributed by atoms with van der Waals surface area (Å²) in [6, 6.07) is 7.62. The van der Waals surface area contributed by atoms with Crippen LogP contribution in [0.3, 0.4) is 0 Å². The molecule has 1 aliphatic carbocycles. The standard InChI is InChI=1S/C13H11NO5S/c15-13(16)10-7-11(19-14-10)9-3-1-2-4-12(9)20(17,18)8-5-6-8/h1-4,7-8H,5-6H2,(H,15,16). The van der Waals surface area contributed by atoms with E-state index in [-0.39, 0.29) is 21.6 Å². The predicted octanol–water partition coefficient (Wildman–Crippen LogP) is 1.98. The van der Waals surface area contributed by atoms with Gasteiger partial charge in [0.2, 0.25) is 0 Å². The van der Waals surface area contributed by atoms with Crippen molar-refractivity contribution in [1.82, 2.24) is 5.16 Å². The number of benzene rings is 1. The second-order valence-corrected chi connectivity index (χ2v) is 6.82. The van der Waals surface area contributed by atoms with Gasteiger partial charge >= 0.3 is 5.97 Å². The van der Waals surface area contributed by atoms with E-state index in [1.807, 2.05) is 0 Å². The molecule has 1 fully saturated rings. The summed E-state index contributed by atoms with van der Waals surface area (Å²) in [4.78, 5) is 11.0. The molecule has 20 heavy (non-hydrogen) atoms. The first-order valence-corrected chi connectivity index (χ1v) is 7.58. The summed E-state index contributed by atoms with van der Waals surface area (Å²) >= 11 is 0. The molecule has 0 saturated heterocycles. The summed E-state index contributed by atoms with van der Waals surface area (Å²) in [6.45, 7) is 0. The number of nitrogens with zero attached hydrogens (tertiary/aromatic N) is 1. The Bertz CT molecular complexity index is 774. The Labute approximate surface area is 114 Å². The quantitative estimate of drug-likeness (QED) is 0.925. The van der Waals surface area contributed by atoms with Crippen LogP contribution in [-0.2, 0) is 9.84 Å². The molecule has 0 radical (unpaired) electrons. The van der Waals surface area contributed by atoms with Crippen LogP contribution >= 0.6 is 0 Å². The molecule has 0 spiro atoms. The predicted molar refractivity (Wildman–Crippen MR) is 69.1 cm³/mol. The highest BCUT2D eigenvalue weighted by Crippen LogP contribution is 2.37. The van der Waals surface area contributed by atoms with Gasteiger partial charge in [0.05, 0.1) is 10.1 Å². The third kappa shape index (κ3) is 2.09. The summed E-state index contributed by atoms with van der Waals surface area (Å²) in [5, 5.41) is 11.9. The second kappa shape index (κ2) is 4.45. The monoisotopic (exact) mass is 293 g/mol. The first-order chi connectivity index (χ1) is 9.50. The lowest BCUT2D eigenvalue weighted by molar-refractivity contribution is 0.0686. The number of hydrogen-bond donors (Lipinski definition) is 1. The molecule has 2 aromatic rings. The lowest BCUT2D eigenvalue weighted by atomic mass is 10.1. The zero-order valence-corrected chi connectivity index (χ0v) is 11.1. The van der Waals surface area contributed by atoms with Crippen molar-refractivity contribution in [2.75, 3.05) is 0 Å². The van der Waals surface area contributed by atoms with Crippen LogP contribution in [0.15, 0.2) is 39.8 Å². The summed E-state index contributed by atoms with van der Waals surface area (Å²) in [7, 11) is -3.39. The summed E-state index contributed by atoms with van der Waals surface area (Å²) in [6.07, 6.45) is 1.32. The van der Waals surface area contributed by atoms with Gasteiger partial charge in [-0.1, -0.05) is 17.3 Å². The van der Waals surface area contributed by atoms with Gasteiger partial charge in [-0.05, 0) is 25.0 Å². The summed E-state index contributed by atoms with van der Waals surface area (Å²) in [5.41, 5.74) is 0.0954. The van der Waals surface area contributed by atoms with Crippen molar-refractivity contribution in [2.24, 2.45) is 0 Å². The van der Waals surface area contributed by atoms with Crippen LogP contribution in [0.5, 0.6) is 0 Å². The Hall–Kier alpha value is -2.15. The SMILES string of the molecule is O=C(O)c1cc(-c2ccccc2S(=O)(=O)C2CC2)on1. The van der Waals surface area contributed by atoms with Crippen LogP contribution in [0.4, 0.5) is 0 Å². The van der Waals surface area contributed by atoms with E-state index in [0.717, 1.165) is 0 Å². The van der Waals surface area contributed by atoms with E-state index in [1.54, 1.807) is 18.2 Å². The summed E-state index contributed by atoms with van der Waals surface area (Å²) in [5.74, 6) is -1.08. The van der Waals surface area contributed by atoms with Crippen LogP contribution in [-0.4, -0.2) is 29.9 Å². The fourth-order valence-corrected chi connectivity index (χ4v) is 3.84. The average Bonchev–Trinajstić information content (AvgIpc) is 3.17. The van der Waals surface area contributed by atoms with E-state index in [1.165, 1.54) is 12.1 Å². The number of sulfone groups is 1. The Morgan fingerprint density at radius 3 is 2.60 bits per heavy atom. The number of carbonyl (C=O) groups is 1. The first-order valence-electron chi connectivity index (χ1n) is 6.03. The molecule has 1 N–H and O–H groups in total. The molecule has 1 aliphatic rings. The molecule has 0 amide bonds. The number of carboxylic acid groups (broad SMARTS) is 1. The van der Waals surface area contributed by atoms with E-state index < -0.39 is 15.8 Å². The van der Waals surface area contributed by atoms with Gasteiger partial charge in [-0.15, -0.1) is 0 Å². The minimum atomic E-state index is -3.39. The van der Waals surface area contributed by atoms with Crippen molar-refractivity contribution < 1.29 is 22.8 Å². The molecular formula is C13H11NO5S. The highest BCUT2D eigenvalue weighted by atomic mass is 32.2. The maximum atomic E-state index is 12.4. The van der Waals surface area contributed by atoms with Crippen molar-refractivity contribution >= 4 is 15.8 Å². The van der Waals surface area contributed by atoms with Gasteiger partial charge in [-0.3, -0.25) is 0 Å².